The molecule has 1 aromatic carbocycles. The number of hydrogen-bond acceptors (Lipinski definition) is 3. The van der Waals surface area contributed by atoms with E-state index in [-0.39, 0.29) is 11.8 Å². The molecule has 104 valence electrons. The summed E-state index contributed by atoms with van der Waals surface area (Å²) in [6.07, 6.45) is 3.75. The molecule has 4 nitrogen and oxygen atoms in total. The molecule has 0 saturated heterocycles. The lowest BCUT2D eigenvalue weighted by atomic mass is 9.83. The molecular weight excluding hydrogens is 252 g/mol. The zero-order chi connectivity index (χ0) is 14.3. The fraction of sp³-hybridized carbons (Fsp3) is 0.375. The molecular formula is C16H18N2O2. The van der Waals surface area contributed by atoms with Crippen molar-refractivity contribution in [3.05, 3.63) is 41.0 Å². The average Bonchev–Trinajstić information content (AvgIpc) is 2.44. The second kappa shape index (κ2) is 4.87. The van der Waals surface area contributed by atoms with Crippen LogP contribution < -0.4 is 0 Å². The summed E-state index contributed by atoms with van der Waals surface area (Å²) in [5.41, 5.74) is 3.37. The van der Waals surface area contributed by atoms with Crippen molar-refractivity contribution >= 4 is 17.4 Å². The molecule has 0 bridgehead atoms. The van der Waals surface area contributed by atoms with E-state index >= 15 is 0 Å². The van der Waals surface area contributed by atoms with E-state index < -0.39 is 0 Å². The second-order valence-electron chi connectivity index (χ2n) is 5.56. The van der Waals surface area contributed by atoms with Crippen LogP contribution in [-0.4, -0.2) is 48.8 Å². The van der Waals surface area contributed by atoms with Crippen LogP contribution in [0.1, 0.15) is 27.9 Å². The minimum absolute atomic E-state index is 0.142. The number of imide groups is 1. The van der Waals surface area contributed by atoms with Crippen molar-refractivity contribution in [2.45, 2.75) is 12.8 Å². The minimum Gasteiger partial charge on any atom is -0.308 e. The van der Waals surface area contributed by atoms with Gasteiger partial charge < -0.3 is 4.90 Å². The smallest absolute Gasteiger partial charge is 0.261 e. The fourth-order valence-electron chi connectivity index (χ4n) is 2.86. The van der Waals surface area contributed by atoms with Gasteiger partial charge in [-0.3, -0.25) is 14.5 Å². The highest BCUT2D eigenvalue weighted by molar-refractivity contribution is 6.31. The van der Waals surface area contributed by atoms with Crippen LogP contribution in [0, 0.1) is 0 Å². The van der Waals surface area contributed by atoms with Gasteiger partial charge in [-0.2, -0.15) is 0 Å². The Balaban J connectivity index is 2.04. The van der Waals surface area contributed by atoms with E-state index in [1.807, 2.05) is 43.3 Å². The first kappa shape index (κ1) is 13.1. The normalized spacial score (nSPS) is 17.4. The van der Waals surface area contributed by atoms with Gasteiger partial charge in [0.05, 0.1) is 0 Å². The Hall–Kier alpha value is -1.94. The number of nitrogens with zero attached hydrogens (tertiary/aromatic N) is 2. The lowest BCUT2D eigenvalue weighted by Gasteiger charge is -2.32. The summed E-state index contributed by atoms with van der Waals surface area (Å²) < 4.78 is 0. The summed E-state index contributed by atoms with van der Waals surface area (Å²) in [6, 6.07) is 5.76. The number of carbonyl (C=O) groups excluding carboxylic acids is 2. The highest BCUT2D eigenvalue weighted by Gasteiger charge is 2.36. The maximum Gasteiger partial charge on any atom is 0.261 e. The van der Waals surface area contributed by atoms with E-state index in [2.05, 4.69) is 0 Å². The van der Waals surface area contributed by atoms with Crippen LogP contribution >= 0.6 is 0 Å². The number of aryl methyl sites for hydroxylation is 1. The number of hydrogen-bond donors (Lipinski definition) is 0. The van der Waals surface area contributed by atoms with Crippen molar-refractivity contribution in [1.82, 2.24) is 9.80 Å². The Kier molecular flexibility index (Phi) is 3.18. The Bertz CT molecular complexity index is 617. The Labute approximate surface area is 118 Å². The van der Waals surface area contributed by atoms with E-state index in [1.165, 1.54) is 4.90 Å². The molecule has 2 amide bonds. The van der Waals surface area contributed by atoms with Crippen molar-refractivity contribution in [3.63, 3.8) is 0 Å². The predicted molar refractivity (Wildman–Crippen MR) is 77.3 cm³/mol. The van der Waals surface area contributed by atoms with E-state index in [4.69, 9.17) is 0 Å². The van der Waals surface area contributed by atoms with Gasteiger partial charge >= 0.3 is 0 Å². The summed E-state index contributed by atoms with van der Waals surface area (Å²) in [4.78, 5) is 28.4. The summed E-state index contributed by atoms with van der Waals surface area (Å²) in [5, 5.41) is 0. The topological polar surface area (TPSA) is 40.6 Å². The lowest BCUT2D eigenvalue weighted by molar-refractivity contribution is -0.123. The van der Waals surface area contributed by atoms with Crippen LogP contribution in [0.5, 0.6) is 0 Å². The Morgan fingerprint density at radius 3 is 2.75 bits per heavy atom. The fourth-order valence-corrected chi connectivity index (χ4v) is 2.86. The lowest BCUT2D eigenvalue weighted by Crippen LogP contribution is -2.45. The number of rotatable bonds is 3. The zero-order valence-electron chi connectivity index (χ0n) is 11.8. The van der Waals surface area contributed by atoms with E-state index in [1.54, 1.807) is 0 Å². The number of allylic oxidation sites excluding steroid dienone is 1. The monoisotopic (exact) mass is 270 g/mol. The van der Waals surface area contributed by atoms with Gasteiger partial charge in [-0.1, -0.05) is 18.2 Å². The van der Waals surface area contributed by atoms with Crippen molar-refractivity contribution < 1.29 is 9.59 Å². The molecule has 3 rings (SSSR count). The quantitative estimate of drug-likeness (QED) is 0.783. The molecule has 0 N–H and O–H groups in total. The maximum absolute atomic E-state index is 12.5. The van der Waals surface area contributed by atoms with E-state index in [0.29, 0.717) is 24.2 Å². The van der Waals surface area contributed by atoms with Crippen LogP contribution in [0.15, 0.2) is 24.3 Å². The Morgan fingerprint density at radius 2 is 2.00 bits per heavy atom. The van der Waals surface area contributed by atoms with Gasteiger partial charge in [-0.15, -0.1) is 0 Å². The molecule has 2 aliphatic rings. The van der Waals surface area contributed by atoms with Crippen LogP contribution in [-0.2, 0) is 11.2 Å². The highest BCUT2D eigenvalue weighted by Crippen LogP contribution is 2.35. The molecule has 0 atom stereocenters. The van der Waals surface area contributed by atoms with Crippen molar-refractivity contribution in [3.8, 4) is 0 Å². The van der Waals surface area contributed by atoms with Crippen molar-refractivity contribution in [2.75, 3.05) is 27.2 Å². The summed E-state index contributed by atoms with van der Waals surface area (Å²) in [6.45, 7) is 1.12. The van der Waals surface area contributed by atoms with Crippen molar-refractivity contribution in [1.29, 1.82) is 0 Å². The van der Waals surface area contributed by atoms with Gasteiger partial charge in [0, 0.05) is 29.8 Å². The summed E-state index contributed by atoms with van der Waals surface area (Å²) in [7, 11) is 3.87. The SMILES string of the molecule is CN(C)CCN1C(=O)C2=CCCc3cccc(c32)C1=O. The standard InChI is InChI=1S/C16H18N2O2/c1-17(2)9-10-18-15(19)12-7-3-5-11-6-4-8-13(14(11)12)16(18)20/h3,5,7-8H,4,6,9-10H2,1-2H3. The predicted octanol–water partition coefficient (Wildman–Crippen LogP) is 1.56. The highest BCUT2D eigenvalue weighted by atomic mass is 16.2. The van der Waals surface area contributed by atoms with Gasteiger partial charge in [-0.25, -0.2) is 0 Å². The van der Waals surface area contributed by atoms with Crippen LogP contribution in [0.2, 0.25) is 0 Å². The largest absolute Gasteiger partial charge is 0.308 e. The zero-order valence-corrected chi connectivity index (χ0v) is 11.8. The average molecular weight is 270 g/mol. The molecule has 1 aromatic rings. The van der Waals surface area contributed by atoms with Crippen molar-refractivity contribution in [2.24, 2.45) is 0 Å². The molecule has 20 heavy (non-hydrogen) atoms. The molecule has 1 aliphatic carbocycles. The molecule has 1 aliphatic heterocycles. The molecule has 1 heterocycles. The van der Waals surface area contributed by atoms with Crippen LogP contribution in [0.25, 0.3) is 5.57 Å². The minimum atomic E-state index is -0.159. The molecule has 0 unspecified atom stereocenters. The maximum atomic E-state index is 12.5. The first-order valence-corrected chi connectivity index (χ1v) is 6.93. The number of likely N-dealkylation sites (N-methyl/N-ethyl adjacent to an activating group) is 1. The first-order chi connectivity index (χ1) is 9.59. The second-order valence-corrected chi connectivity index (χ2v) is 5.56. The summed E-state index contributed by atoms with van der Waals surface area (Å²) >= 11 is 0. The third-order valence-electron chi connectivity index (χ3n) is 3.90. The molecule has 0 saturated carbocycles. The third kappa shape index (κ3) is 1.96. The van der Waals surface area contributed by atoms with Gasteiger partial charge in [0.1, 0.15) is 0 Å². The van der Waals surface area contributed by atoms with Crippen LogP contribution in [0.3, 0.4) is 0 Å². The van der Waals surface area contributed by atoms with E-state index in [9.17, 15) is 9.59 Å². The van der Waals surface area contributed by atoms with Gasteiger partial charge in [0.25, 0.3) is 11.8 Å². The van der Waals surface area contributed by atoms with Crippen LogP contribution in [0.4, 0.5) is 0 Å². The van der Waals surface area contributed by atoms with Gasteiger partial charge in [0.15, 0.2) is 0 Å². The molecule has 0 aromatic heterocycles. The molecule has 0 radical (unpaired) electrons. The van der Waals surface area contributed by atoms with Gasteiger partial charge in [0.2, 0.25) is 0 Å². The summed E-state index contributed by atoms with van der Waals surface area (Å²) in [5.74, 6) is -0.302. The number of amides is 2. The number of benzene rings is 1. The molecule has 0 fully saturated rings. The Morgan fingerprint density at radius 1 is 1.20 bits per heavy atom. The van der Waals surface area contributed by atoms with Gasteiger partial charge in [-0.05, 0) is 38.6 Å². The third-order valence-corrected chi connectivity index (χ3v) is 3.90. The first-order valence-electron chi connectivity index (χ1n) is 6.93. The molecule has 4 heteroatoms. The van der Waals surface area contributed by atoms with E-state index in [0.717, 1.165) is 24.0 Å². The number of carbonyl (C=O) groups is 2. The molecule has 0 spiro atoms.